The molecule has 0 saturated carbocycles. The third-order valence-electron chi connectivity index (χ3n) is 4.94. The first-order chi connectivity index (χ1) is 14.2. The van der Waals surface area contributed by atoms with Gasteiger partial charge in [0.1, 0.15) is 0 Å². The van der Waals surface area contributed by atoms with Gasteiger partial charge in [0.25, 0.3) is 5.91 Å². The van der Waals surface area contributed by atoms with E-state index >= 15 is 0 Å². The van der Waals surface area contributed by atoms with E-state index in [0.29, 0.717) is 22.7 Å². The van der Waals surface area contributed by atoms with Crippen LogP contribution in [0.1, 0.15) is 15.9 Å². The van der Waals surface area contributed by atoms with E-state index in [0.717, 1.165) is 22.2 Å². The zero-order chi connectivity index (χ0) is 19.8. The molecule has 0 spiro atoms. The highest BCUT2D eigenvalue weighted by Crippen LogP contribution is 2.34. The molecule has 1 aromatic heterocycles. The predicted octanol–water partition coefficient (Wildman–Crippen LogP) is 5.19. The molecule has 29 heavy (non-hydrogen) atoms. The number of aryl methyl sites for hydroxylation is 1. The molecule has 2 heterocycles. The predicted molar refractivity (Wildman–Crippen MR) is 112 cm³/mol. The number of fused-ring (bicyclic) bond motifs is 2. The normalized spacial score (nSPS) is 12.2. The Hall–Kier alpha value is -3.86. The third-order valence-corrected chi connectivity index (χ3v) is 4.94. The van der Waals surface area contributed by atoms with Crippen molar-refractivity contribution in [1.29, 1.82) is 0 Å². The molecule has 5 rings (SSSR count). The van der Waals surface area contributed by atoms with Gasteiger partial charge in [0.2, 0.25) is 6.79 Å². The molecule has 5 heteroatoms. The monoisotopic (exact) mass is 382 g/mol. The second-order valence-electron chi connectivity index (χ2n) is 6.96. The zero-order valence-corrected chi connectivity index (χ0v) is 15.8. The van der Waals surface area contributed by atoms with Crippen LogP contribution in [0.2, 0.25) is 0 Å². The molecular weight excluding hydrogens is 364 g/mol. The number of amides is 1. The smallest absolute Gasteiger partial charge is 0.256 e. The molecule has 1 amide bonds. The quantitative estimate of drug-likeness (QED) is 0.530. The van der Waals surface area contributed by atoms with E-state index in [1.54, 1.807) is 18.2 Å². The number of rotatable bonds is 3. The highest BCUT2D eigenvalue weighted by atomic mass is 16.7. The van der Waals surface area contributed by atoms with Crippen LogP contribution >= 0.6 is 0 Å². The van der Waals surface area contributed by atoms with Crippen molar-refractivity contribution in [2.75, 3.05) is 12.1 Å². The number of carbonyl (C=O) groups is 1. The number of nitrogens with one attached hydrogen (secondary N) is 1. The number of nitrogens with zero attached hydrogens (tertiary/aromatic N) is 1. The van der Waals surface area contributed by atoms with Gasteiger partial charge in [-0.25, -0.2) is 4.98 Å². The number of anilines is 1. The lowest BCUT2D eigenvalue weighted by atomic mass is 10.0. The molecule has 142 valence electrons. The fourth-order valence-electron chi connectivity index (χ4n) is 3.41. The van der Waals surface area contributed by atoms with E-state index in [2.05, 4.69) is 5.32 Å². The van der Waals surface area contributed by atoms with Gasteiger partial charge < -0.3 is 14.8 Å². The lowest BCUT2D eigenvalue weighted by Gasteiger charge is -2.11. The number of aromatic nitrogens is 1. The van der Waals surface area contributed by atoms with Crippen molar-refractivity contribution < 1.29 is 14.3 Å². The lowest BCUT2D eigenvalue weighted by molar-refractivity contribution is 0.102. The molecule has 0 unspecified atom stereocenters. The second-order valence-corrected chi connectivity index (χ2v) is 6.96. The van der Waals surface area contributed by atoms with Crippen LogP contribution < -0.4 is 14.8 Å². The van der Waals surface area contributed by atoms with Gasteiger partial charge in [-0.3, -0.25) is 4.79 Å². The summed E-state index contributed by atoms with van der Waals surface area (Å²) in [6.45, 7) is 2.24. The number of carbonyl (C=O) groups excluding carboxylic acids is 1. The highest BCUT2D eigenvalue weighted by Gasteiger charge is 2.17. The maximum absolute atomic E-state index is 13.2. The van der Waals surface area contributed by atoms with Gasteiger partial charge >= 0.3 is 0 Å². The summed E-state index contributed by atoms with van der Waals surface area (Å²) in [5.41, 5.74) is 4.91. The Bertz CT molecular complexity index is 1230. The summed E-state index contributed by atoms with van der Waals surface area (Å²) in [5, 5.41) is 3.77. The minimum Gasteiger partial charge on any atom is -0.454 e. The van der Waals surface area contributed by atoms with Crippen LogP contribution in [0.3, 0.4) is 0 Å². The Labute approximate surface area is 167 Å². The molecule has 0 bridgehead atoms. The minimum absolute atomic E-state index is 0.196. The van der Waals surface area contributed by atoms with Crippen LogP contribution in [0.5, 0.6) is 11.5 Å². The topological polar surface area (TPSA) is 60.5 Å². The number of hydrogen-bond donors (Lipinski definition) is 1. The van der Waals surface area contributed by atoms with Crippen LogP contribution in [-0.4, -0.2) is 17.7 Å². The summed E-state index contributed by atoms with van der Waals surface area (Å²) >= 11 is 0. The van der Waals surface area contributed by atoms with Gasteiger partial charge in [0.05, 0.1) is 16.8 Å². The van der Waals surface area contributed by atoms with Crippen molar-refractivity contribution in [3.8, 4) is 22.8 Å². The van der Waals surface area contributed by atoms with Gasteiger partial charge in [0, 0.05) is 22.7 Å². The molecule has 0 aliphatic carbocycles. The fourth-order valence-corrected chi connectivity index (χ4v) is 3.41. The maximum Gasteiger partial charge on any atom is 0.256 e. The van der Waals surface area contributed by atoms with E-state index in [1.165, 1.54) is 5.56 Å². The molecule has 3 aromatic carbocycles. The summed E-state index contributed by atoms with van der Waals surface area (Å²) in [6.07, 6.45) is 0. The standard InChI is InChI=1S/C24H18N2O3/c1-15-6-8-16(9-7-15)21-13-19(18-4-2-3-5-20(18)26-21)24(27)25-17-10-11-22-23(12-17)29-14-28-22/h2-13H,14H2,1H3,(H,25,27). The Morgan fingerprint density at radius 3 is 2.59 bits per heavy atom. The van der Waals surface area contributed by atoms with Crippen LogP contribution in [0, 0.1) is 6.92 Å². The molecule has 0 fully saturated rings. The number of ether oxygens (including phenoxy) is 2. The van der Waals surface area contributed by atoms with Crippen molar-refractivity contribution in [3.63, 3.8) is 0 Å². The van der Waals surface area contributed by atoms with Crippen molar-refractivity contribution in [3.05, 3.63) is 83.9 Å². The van der Waals surface area contributed by atoms with Crippen molar-refractivity contribution >= 4 is 22.5 Å². The van der Waals surface area contributed by atoms with E-state index in [1.807, 2.05) is 61.5 Å². The Morgan fingerprint density at radius 2 is 1.72 bits per heavy atom. The first-order valence-electron chi connectivity index (χ1n) is 9.35. The van der Waals surface area contributed by atoms with E-state index < -0.39 is 0 Å². The second kappa shape index (κ2) is 6.95. The average molecular weight is 382 g/mol. The largest absolute Gasteiger partial charge is 0.454 e. The summed E-state index contributed by atoms with van der Waals surface area (Å²) in [7, 11) is 0. The summed E-state index contributed by atoms with van der Waals surface area (Å²) in [5.74, 6) is 1.11. The summed E-state index contributed by atoms with van der Waals surface area (Å²) in [4.78, 5) is 17.9. The maximum atomic E-state index is 13.2. The van der Waals surface area contributed by atoms with Crippen molar-refractivity contribution in [2.24, 2.45) is 0 Å². The van der Waals surface area contributed by atoms with E-state index in [9.17, 15) is 4.79 Å². The zero-order valence-electron chi connectivity index (χ0n) is 15.8. The SMILES string of the molecule is Cc1ccc(-c2cc(C(=O)Nc3ccc4c(c3)OCO4)c3ccccc3n2)cc1. The van der Waals surface area contributed by atoms with Crippen LogP contribution in [-0.2, 0) is 0 Å². The van der Waals surface area contributed by atoms with E-state index in [4.69, 9.17) is 14.5 Å². The molecule has 4 aromatic rings. The Kier molecular flexibility index (Phi) is 4.13. The van der Waals surface area contributed by atoms with Gasteiger partial charge in [-0.2, -0.15) is 0 Å². The highest BCUT2D eigenvalue weighted by molar-refractivity contribution is 6.13. The van der Waals surface area contributed by atoms with Gasteiger partial charge in [-0.1, -0.05) is 48.0 Å². The molecule has 1 N–H and O–H groups in total. The fraction of sp³-hybridized carbons (Fsp3) is 0.0833. The molecule has 1 aliphatic rings. The first kappa shape index (κ1) is 17.3. The molecule has 0 saturated heterocycles. The van der Waals surface area contributed by atoms with Crippen molar-refractivity contribution in [2.45, 2.75) is 6.92 Å². The summed E-state index contributed by atoms with van der Waals surface area (Å²) < 4.78 is 10.7. The van der Waals surface area contributed by atoms with Gasteiger partial charge in [0.15, 0.2) is 11.5 Å². The Balaban J connectivity index is 1.55. The minimum atomic E-state index is -0.198. The van der Waals surface area contributed by atoms with Gasteiger partial charge in [-0.05, 0) is 31.2 Å². The lowest BCUT2D eigenvalue weighted by Crippen LogP contribution is -2.13. The van der Waals surface area contributed by atoms with Crippen molar-refractivity contribution in [1.82, 2.24) is 4.98 Å². The third kappa shape index (κ3) is 3.27. The molecule has 5 nitrogen and oxygen atoms in total. The molecular formula is C24H18N2O3. The van der Waals surface area contributed by atoms with Crippen LogP contribution in [0.25, 0.3) is 22.2 Å². The average Bonchev–Trinajstić information content (AvgIpc) is 3.21. The molecule has 1 aliphatic heterocycles. The summed E-state index contributed by atoms with van der Waals surface area (Å²) in [6, 6.07) is 23.0. The van der Waals surface area contributed by atoms with Gasteiger partial charge in [-0.15, -0.1) is 0 Å². The number of para-hydroxylation sites is 1. The van der Waals surface area contributed by atoms with E-state index in [-0.39, 0.29) is 12.7 Å². The van der Waals surface area contributed by atoms with Crippen LogP contribution in [0.15, 0.2) is 72.8 Å². The number of pyridine rings is 1. The number of benzene rings is 3. The molecule has 0 atom stereocenters. The molecule has 0 radical (unpaired) electrons. The Morgan fingerprint density at radius 1 is 0.931 bits per heavy atom. The van der Waals surface area contributed by atoms with Crippen LogP contribution in [0.4, 0.5) is 5.69 Å². The number of hydrogen-bond acceptors (Lipinski definition) is 4. The first-order valence-corrected chi connectivity index (χ1v) is 9.35.